The molecule has 4 rings (SSSR count). The second-order valence-electron chi connectivity index (χ2n) is 7.84. The SMILES string of the molecule is O=C1CCCN1CCOC(=O)C(F)(F)S(=O)(=O)[O-].c1ccc([S+](c2ccccc2)c2ccccc2)cc1. The summed E-state index contributed by atoms with van der Waals surface area (Å²) in [5.74, 6) is -2.63. The summed E-state index contributed by atoms with van der Waals surface area (Å²) in [6.07, 6.45) is 0.955. The molecule has 0 atom stereocenters. The number of rotatable bonds is 8. The van der Waals surface area contributed by atoms with Crippen LogP contribution in [0.3, 0.4) is 0 Å². The summed E-state index contributed by atoms with van der Waals surface area (Å²) < 4.78 is 59.6. The van der Waals surface area contributed by atoms with Crippen LogP contribution in [0, 0.1) is 0 Å². The first kappa shape index (κ1) is 28.3. The van der Waals surface area contributed by atoms with E-state index in [0.717, 1.165) is 0 Å². The minimum atomic E-state index is -6.10. The zero-order valence-corrected chi connectivity index (χ0v) is 21.3. The molecule has 0 N–H and O–H groups in total. The Balaban J connectivity index is 0.000000206. The monoisotopic (exact) mass is 549 g/mol. The molecule has 3 aromatic rings. The predicted octanol–water partition coefficient (Wildman–Crippen LogP) is 4.07. The van der Waals surface area contributed by atoms with Gasteiger partial charge < -0.3 is 14.2 Å². The van der Waals surface area contributed by atoms with Crippen molar-refractivity contribution in [1.29, 1.82) is 0 Å². The van der Waals surface area contributed by atoms with E-state index in [1.54, 1.807) is 0 Å². The summed E-state index contributed by atoms with van der Waals surface area (Å²) in [7, 11) is -6.11. The number of amides is 1. The van der Waals surface area contributed by atoms with Crippen LogP contribution >= 0.6 is 0 Å². The van der Waals surface area contributed by atoms with Gasteiger partial charge in [-0.25, -0.2) is 13.2 Å². The molecule has 3 aromatic carbocycles. The highest BCUT2D eigenvalue weighted by Gasteiger charge is 2.48. The van der Waals surface area contributed by atoms with Gasteiger partial charge in [-0.2, -0.15) is 8.78 Å². The van der Waals surface area contributed by atoms with Gasteiger partial charge in [0.25, 0.3) is 0 Å². The number of alkyl halides is 2. The van der Waals surface area contributed by atoms with E-state index in [0.29, 0.717) is 19.4 Å². The molecular weight excluding hydrogens is 524 g/mol. The fourth-order valence-corrected chi connectivity index (χ4v) is 5.82. The van der Waals surface area contributed by atoms with Crippen molar-refractivity contribution in [3.05, 3.63) is 91.0 Å². The van der Waals surface area contributed by atoms with Crippen molar-refractivity contribution < 1.29 is 36.1 Å². The summed E-state index contributed by atoms with van der Waals surface area (Å²) in [5.41, 5.74) is 0. The van der Waals surface area contributed by atoms with Crippen LogP contribution < -0.4 is 0 Å². The highest BCUT2D eigenvalue weighted by molar-refractivity contribution is 7.97. The fraction of sp³-hybridized carbons (Fsp3) is 0.231. The maximum Gasteiger partial charge on any atom is 0.428 e. The Bertz CT molecular complexity index is 1180. The third-order valence-electron chi connectivity index (χ3n) is 5.25. The van der Waals surface area contributed by atoms with Crippen LogP contribution in [0.5, 0.6) is 0 Å². The average molecular weight is 550 g/mol. The Hall–Kier alpha value is -3.28. The molecule has 196 valence electrons. The van der Waals surface area contributed by atoms with E-state index in [1.807, 2.05) is 0 Å². The molecule has 0 spiro atoms. The first-order chi connectivity index (χ1) is 17.6. The summed E-state index contributed by atoms with van der Waals surface area (Å²) in [6, 6.07) is 32.2. The molecule has 0 aromatic heterocycles. The van der Waals surface area contributed by atoms with Crippen molar-refractivity contribution in [3.8, 4) is 0 Å². The Morgan fingerprint density at radius 1 is 0.892 bits per heavy atom. The van der Waals surface area contributed by atoms with Gasteiger partial charge in [-0.05, 0) is 42.8 Å². The van der Waals surface area contributed by atoms with Crippen molar-refractivity contribution in [2.45, 2.75) is 32.8 Å². The highest BCUT2D eigenvalue weighted by atomic mass is 32.2. The normalized spacial score (nSPS) is 13.7. The Morgan fingerprint density at radius 3 is 1.68 bits per heavy atom. The van der Waals surface area contributed by atoms with Gasteiger partial charge in [0, 0.05) is 13.0 Å². The Kier molecular flexibility index (Phi) is 9.79. The van der Waals surface area contributed by atoms with E-state index < -0.39 is 27.9 Å². The van der Waals surface area contributed by atoms with E-state index in [9.17, 15) is 31.3 Å². The lowest BCUT2D eigenvalue weighted by molar-refractivity contribution is -0.162. The maximum absolute atomic E-state index is 12.6. The molecule has 1 aliphatic rings. The first-order valence-corrected chi connectivity index (χ1v) is 13.9. The highest BCUT2D eigenvalue weighted by Crippen LogP contribution is 2.30. The zero-order valence-electron chi connectivity index (χ0n) is 19.7. The molecule has 37 heavy (non-hydrogen) atoms. The van der Waals surface area contributed by atoms with Crippen LogP contribution in [0.1, 0.15) is 12.8 Å². The van der Waals surface area contributed by atoms with Gasteiger partial charge in [0.05, 0.1) is 17.4 Å². The van der Waals surface area contributed by atoms with Gasteiger partial charge in [0.2, 0.25) is 5.91 Å². The number of benzene rings is 3. The first-order valence-electron chi connectivity index (χ1n) is 11.3. The number of nitrogens with zero attached hydrogens (tertiary/aromatic N) is 1. The van der Waals surface area contributed by atoms with E-state index in [-0.39, 0.29) is 23.3 Å². The summed E-state index contributed by atoms with van der Waals surface area (Å²) in [5, 5.41) is -5.11. The van der Waals surface area contributed by atoms with Crippen molar-refractivity contribution in [3.63, 3.8) is 0 Å². The number of halogens is 2. The van der Waals surface area contributed by atoms with Crippen LogP contribution in [0.25, 0.3) is 0 Å². The lowest BCUT2D eigenvalue weighted by Gasteiger charge is -2.19. The maximum atomic E-state index is 12.6. The molecule has 7 nitrogen and oxygen atoms in total. The Morgan fingerprint density at radius 2 is 1.32 bits per heavy atom. The molecule has 0 saturated carbocycles. The van der Waals surface area contributed by atoms with Crippen LogP contribution in [-0.2, 0) is 35.3 Å². The van der Waals surface area contributed by atoms with Gasteiger partial charge in [-0.15, -0.1) is 0 Å². The van der Waals surface area contributed by atoms with Gasteiger partial charge in [-0.1, -0.05) is 54.6 Å². The average Bonchev–Trinajstić information content (AvgIpc) is 3.30. The number of esters is 1. The summed E-state index contributed by atoms with van der Waals surface area (Å²) in [6.45, 7) is -0.276. The second kappa shape index (κ2) is 12.8. The molecule has 0 bridgehead atoms. The van der Waals surface area contributed by atoms with Crippen molar-refractivity contribution in [2.24, 2.45) is 0 Å². The second-order valence-corrected chi connectivity index (χ2v) is 11.3. The summed E-state index contributed by atoms with van der Waals surface area (Å²) in [4.78, 5) is 27.2. The molecule has 0 radical (unpaired) electrons. The minimum Gasteiger partial charge on any atom is -0.743 e. The van der Waals surface area contributed by atoms with Crippen LogP contribution in [0.15, 0.2) is 106 Å². The van der Waals surface area contributed by atoms with E-state index in [2.05, 4.69) is 95.7 Å². The number of likely N-dealkylation sites (tertiary alicyclic amines) is 1. The van der Waals surface area contributed by atoms with Crippen LogP contribution in [0.2, 0.25) is 0 Å². The van der Waals surface area contributed by atoms with Crippen LogP contribution in [-0.4, -0.2) is 54.7 Å². The minimum absolute atomic E-state index is 0.0146. The van der Waals surface area contributed by atoms with Crippen molar-refractivity contribution in [2.75, 3.05) is 19.7 Å². The predicted molar refractivity (Wildman–Crippen MR) is 133 cm³/mol. The van der Waals surface area contributed by atoms with Gasteiger partial charge >= 0.3 is 11.2 Å². The third-order valence-corrected chi connectivity index (χ3v) is 8.28. The molecule has 11 heteroatoms. The molecule has 1 aliphatic heterocycles. The number of hydrogen-bond acceptors (Lipinski definition) is 6. The number of hydrogen-bond donors (Lipinski definition) is 0. The zero-order chi connectivity index (χ0) is 26.9. The quantitative estimate of drug-likeness (QED) is 0.238. The number of ether oxygens (including phenoxy) is 1. The van der Waals surface area contributed by atoms with Crippen LogP contribution in [0.4, 0.5) is 8.78 Å². The Labute approximate surface area is 217 Å². The molecule has 0 aliphatic carbocycles. The lowest BCUT2D eigenvalue weighted by Crippen LogP contribution is -2.40. The topological polar surface area (TPSA) is 104 Å². The van der Waals surface area contributed by atoms with E-state index in [1.165, 1.54) is 19.6 Å². The molecule has 1 saturated heterocycles. The van der Waals surface area contributed by atoms with Gasteiger partial charge in [0.15, 0.2) is 24.8 Å². The van der Waals surface area contributed by atoms with Gasteiger partial charge in [0.1, 0.15) is 6.61 Å². The number of carbonyl (C=O) groups excluding carboxylic acids is 2. The van der Waals surface area contributed by atoms with Crippen molar-refractivity contribution in [1.82, 2.24) is 4.90 Å². The van der Waals surface area contributed by atoms with Crippen molar-refractivity contribution >= 4 is 32.9 Å². The van der Waals surface area contributed by atoms with E-state index >= 15 is 0 Å². The standard InChI is InChI=1S/C18H15S.C8H11F2NO6S/c1-4-10-16(11-5-1)19(17-12-6-2-7-13-17)18-14-8-3-9-15-18;9-8(10,18(14,15)16)7(13)17-5-4-11-3-1-2-6(11)12/h1-15H;1-5H2,(H,14,15,16)/q+1;/p-1. The molecule has 1 amide bonds. The third kappa shape index (κ3) is 7.61. The molecule has 1 heterocycles. The fourth-order valence-electron chi connectivity index (χ4n) is 3.45. The lowest BCUT2D eigenvalue weighted by atomic mass is 10.4. The summed E-state index contributed by atoms with van der Waals surface area (Å²) >= 11 is 0. The largest absolute Gasteiger partial charge is 0.743 e. The van der Waals surface area contributed by atoms with E-state index in [4.69, 9.17) is 0 Å². The molecule has 1 fully saturated rings. The molecule has 0 unspecified atom stereocenters. The molecular formula is C26H25F2NO6S2. The van der Waals surface area contributed by atoms with Gasteiger partial charge in [-0.3, -0.25) is 4.79 Å². The number of carbonyl (C=O) groups is 2. The smallest absolute Gasteiger partial charge is 0.428 e.